The van der Waals surface area contributed by atoms with E-state index in [0.29, 0.717) is 48.1 Å². The lowest BCUT2D eigenvalue weighted by Crippen LogP contribution is -2.46. The van der Waals surface area contributed by atoms with Crippen molar-refractivity contribution in [3.05, 3.63) is 63.6 Å². The predicted octanol–water partition coefficient (Wildman–Crippen LogP) is 4.04. The molecule has 9 heteroatoms. The highest BCUT2D eigenvalue weighted by Gasteiger charge is 2.32. The SMILES string of the molecule is Cc1ccccc1OCCNC(=O)[C@H]1CCCN(S(=O)(=O)Cc2ccc(Cl)c(Cl)c2)C1. The number of hydrogen-bond donors (Lipinski definition) is 1. The highest BCUT2D eigenvalue weighted by Crippen LogP contribution is 2.26. The molecule has 0 aliphatic carbocycles. The van der Waals surface area contributed by atoms with Gasteiger partial charge in [-0.25, -0.2) is 12.7 Å². The van der Waals surface area contributed by atoms with Gasteiger partial charge < -0.3 is 10.1 Å². The van der Waals surface area contributed by atoms with Gasteiger partial charge in [-0.1, -0.05) is 47.5 Å². The second kappa shape index (κ2) is 10.7. The van der Waals surface area contributed by atoms with Crippen LogP contribution in [0.15, 0.2) is 42.5 Å². The van der Waals surface area contributed by atoms with Gasteiger partial charge in [0.1, 0.15) is 12.4 Å². The van der Waals surface area contributed by atoms with Gasteiger partial charge in [0, 0.05) is 13.1 Å². The summed E-state index contributed by atoms with van der Waals surface area (Å²) in [5.74, 6) is 0.0790. The Morgan fingerprint density at radius 1 is 1.19 bits per heavy atom. The summed E-state index contributed by atoms with van der Waals surface area (Å²) < 4.78 is 32.8. The number of sulfonamides is 1. The highest BCUT2D eigenvalue weighted by molar-refractivity contribution is 7.88. The number of carbonyl (C=O) groups is 1. The highest BCUT2D eigenvalue weighted by atomic mass is 35.5. The third-order valence-electron chi connectivity index (χ3n) is 5.23. The Hall–Kier alpha value is -1.80. The van der Waals surface area contributed by atoms with Crippen molar-refractivity contribution in [2.75, 3.05) is 26.2 Å². The molecule has 1 saturated heterocycles. The number of hydrogen-bond acceptors (Lipinski definition) is 4. The Morgan fingerprint density at radius 3 is 2.71 bits per heavy atom. The first-order valence-corrected chi connectivity index (χ1v) is 12.5. The van der Waals surface area contributed by atoms with Crippen molar-refractivity contribution in [1.29, 1.82) is 0 Å². The van der Waals surface area contributed by atoms with Crippen molar-refractivity contribution < 1.29 is 17.9 Å². The van der Waals surface area contributed by atoms with Gasteiger partial charge in [-0.2, -0.15) is 0 Å². The van der Waals surface area contributed by atoms with E-state index in [2.05, 4.69) is 5.32 Å². The molecule has 2 aromatic carbocycles. The number of nitrogens with one attached hydrogen (secondary N) is 1. The third kappa shape index (κ3) is 6.59. The molecule has 0 radical (unpaired) electrons. The van der Waals surface area contributed by atoms with E-state index in [9.17, 15) is 13.2 Å². The molecule has 168 valence electrons. The van der Waals surface area contributed by atoms with E-state index < -0.39 is 10.0 Å². The van der Waals surface area contributed by atoms with Crippen molar-refractivity contribution >= 4 is 39.1 Å². The first kappa shape index (κ1) is 23.9. The van der Waals surface area contributed by atoms with Crippen LogP contribution in [0.25, 0.3) is 0 Å². The lowest BCUT2D eigenvalue weighted by Gasteiger charge is -2.31. The van der Waals surface area contributed by atoms with Crippen molar-refractivity contribution in [3.8, 4) is 5.75 Å². The summed E-state index contributed by atoms with van der Waals surface area (Å²) >= 11 is 11.9. The fourth-order valence-electron chi connectivity index (χ4n) is 3.54. The van der Waals surface area contributed by atoms with E-state index >= 15 is 0 Å². The summed E-state index contributed by atoms with van der Waals surface area (Å²) in [4.78, 5) is 12.6. The zero-order valence-electron chi connectivity index (χ0n) is 17.3. The van der Waals surface area contributed by atoms with Gasteiger partial charge in [-0.15, -0.1) is 0 Å². The molecule has 1 amide bonds. The van der Waals surface area contributed by atoms with E-state index in [1.165, 1.54) is 4.31 Å². The molecule has 0 aromatic heterocycles. The molecule has 1 fully saturated rings. The molecule has 3 rings (SSSR count). The molecule has 0 bridgehead atoms. The first-order chi connectivity index (χ1) is 14.8. The zero-order valence-corrected chi connectivity index (χ0v) is 19.6. The third-order valence-corrected chi connectivity index (χ3v) is 7.79. The van der Waals surface area contributed by atoms with Crippen molar-refractivity contribution in [1.82, 2.24) is 9.62 Å². The molecule has 6 nitrogen and oxygen atoms in total. The van der Waals surface area contributed by atoms with Crippen LogP contribution in [0.1, 0.15) is 24.0 Å². The standard InChI is InChI=1S/C22H26Cl2N2O4S/c1-16-5-2-3-7-21(16)30-12-10-25-22(27)18-6-4-11-26(14-18)31(28,29)15-17-8-9-19(23)20(24)13-17/h2-3,5,7-9,13,18H,4,6,10-12,14-15H2,1H3,(H,25,27)/t18-/m0/s1. The largest absolute Gasteiger partial charge is 0.491 e. The summed E-state index contributed by atoms with van der Waals surface area (Å²) in [5.41, 5.74) is 1.60. The van der Waals surface area contributed by atoms with Gasteiger partial charge in [-0.3, -0.25) is 4.79 Å². The maximum absolute atomic E-state index is 12.9. The van der Waals surface area contributed by atoms with Gasteiger partial charge in [-0.05, 0) is 49.1 Å². The summed E-state index contributed by atoms with van der Waals surface area (Å²) in [5, 5.41) is 3.56. The quantitative estimate of drug-likeness (QED) is 0.573. The molecule has 0 spiro atoms. The van der Waals surface area contributed by atoms with E-state index in [1.807, 2.05) is 31.2 Å². The van der Waals surface area contributed by atoms with E-state index in [1.54, 1.807) is 18.2 Å². The second-order valence-corrected chi connectivity index (χ2v) is 10.4. The van der Waals surface area contributed by atoms with Crippen LogP contribution in [0.5, 0.6) is 5.75 Å². The number of aryl methyl sites for hydroxylation is 1. The van der Waals surface area contributed by atoms with Crippen LogP contribution in [0.3, 0.4) is 0 Å². The number of para-hydroxylation sites is 1. The van der Waals surface area contributed by atoms with Crippen LogP contribution in [0.2, 0.25) is 10.0 Å². The Morgan fingerprint density at radius 2 is 1.97 bits per heavy atom. The summed E-state index contributed by atoms with van der Waals surface area (Å²) in [6.07, 6.45) is 1.29. The number of carbonyl (C=O) groups excluding carboxylic acids is 1. The fourth-order valence-corrected chi connectivity index (χ4v) is 5.46. The van der Waals surface area contributed by atoms with Gasteiger partial charge in [0.25, 0.3) is 0 Å². The molecule has 2 aromatic rings. The first-order valence-electron chi connectivity index (χ1n) is 10.1. The van der Waals surface area contributed by atoms with Gasteiger partial charge >= 0.3 is 0 Å². The van der Waals surface area contributed by atoms with Crippen molar-refractivity contribution in [3.63, 3.8) is 0 Å². The Bertz CT molecular complexity index is 1030. The number of amides is 1. The number of rotatable bonds is 8. The molecule has 0 unspecified atom stereocenters. The van der Waals surface area contributed by atoms with Crippen LogP contribution in [-0.2, 0) is 20.6 Å². The topological polar surface area (TPSA) is 75.7 Å². The monoisotopic (exact) mass is 484 g/mol. The number of nitrogens with zero attached hydrogens (tertiary/aromatic N) is 1. The summed E-state index contributed by atoms with van der Waals surface area (Å²) in [6.45, 7) is 3.25. The fraction of sp³-hybridized carbons (Fsp3) is 0.409. The molecular formula is C22H26Cl2N2O4S. The summed E-state index contributed by atoms with van der Waals surface area (Å²) in [6, 6.07) is 12.5. The number of ether oxygens (including phenoxy) is 1. The van der Waals surface area contributed by atoms with E-state index in [-0.39, 0.29) is 24.1 Å². The predicted molar refractivity (Wildman–Crippen MR) is 123 cm³/mol. The van der Waals surface area contributed by atoms with E-state index in [0.717, 1.165) is 11.3 Å². The molecular weight excluding hydrogens is 459 g/mol. The molecule has 1 aliphatic rings. The minimum absolute atomic E-state index is 0.150. The number of piperidine rings is 1. The van der Waals surface area contributed by atoms with Crippen LogP contribution in [0, 0.1) is 12.8 Å². The van der Waals surface area contributed by atoms with E-state index in [4.69, 9.17) is 27.9 Å². The molecule has 1 atom stereocenters. The van der Waals surface area contributed by atoms with Crippen LogP contribution < -0.4 is 10.1 Å². The van der Waals surface area contributed by atoms with Gasteiger partial charge in [0.15, 0.2) is 0 Å². The Balaban J connectivity index is 1.51. The maximum Gasteiger partial charge on any atom is 0.224 e. The van der Waals surface area contributed by atoms with Crippen molar-refractivity contribution in [2.24, 2.45) is 5.92 Å². The van der Waals surface area contributed by atoms with Crippen LogP contribution in [-0.4, -0.2) is 44.9 Å². The lowest BCUT2D eigenvalue weighted by molar-refractivity contribution is -0.126. The minimum Gasteiger partial charge on any atom is -0.491 e. The number of benzene rings is 2. The van der Waals surface area contributed by atoms with Crippen LogP contribution in [0.4, 0.5) is 0 Å². The van der Waals surface area contributed by atoms with Gasteiger partial charge in [0.2, 0.25) is 15.9 Å². The molecule has 1 N–H and O–H groups in total. The molecule has 31 heavy (non-hydrogen) atoms. The van der Waals surface area contributed by atoms with Crippen LogP contribution >= 0.6 is 23.2 Å². The Kier molecular flexibility index (Phi) is 8.22. The average molecular weight is 485 g/mol. The number of halogens is 2. The summed E-state index contributed by atoms with van der Waals surface area (Å²) in [7, 11) is -3.57. The molecule has 0 saturated carbocycles. The molecule has 1 heterocycles. The molecule has 1 aliphatic heterocycles. The minimum atomic E-state index is -3.57. The maximum atomic E-state index is 12.9. The lowest BCUT2D eigenvalue weighted by atomic mass is 9.99. The van der Waals surface area contributed by atoms with Gasteiger partial charge in [0.05, 0.1) is 28.3 Å². The normalized spacial score (nSPS) is 17.3. The van der Waals surface area contributed by atoms with Crippen molar-refractivity contribution in [2.45, 2.75) is 25.5 Å². The Labute approximate surface area is 193 Å². The smallest absolute Gasteiger partial charge is 0.224 e. The zero-order chi connectivity index (χ0) is 22.4. The second-order valence-electron chi connectivity index (χ2n) is 7.61. The average Bonchev–Trinajstić information content (AvgIpc) is 2.75.